The van der Waals surface area contributed by atoms with Crippen LogP contribution >= 0.6 is 11.3 Å². The minimum atomic E-state index is -0.811. The molecule has 0 radical (unpaired) electrons. The smallest absolute Gasteiger partial charge is 0.317 e. The molecule has 1 aromatic heterocycles. The zero-order valence-corrected chi connectivity index (χ0v) is 15.8. The summed E-state index contributed by atoms with van der Waals surface area (Å²) in [6, 6.07) is 10.4. The minimum absolute atomic E-state index is 0.0365. The molecule has 1 fully saturated rings. The monoisotopic (exact) mass is 375 g/mol. The van der Waals surface area contributed by atoms with Gasteiger partial charge < -0.3 is 9.84 Å². The third kappa shape index (κ3) is 5.88. The number of thiazole rings is 1. The molecule has 7 heteroatoms. The summed E-state index contributed by atoms with van der Waals surface area (Å²) >= 11 is 1.71. The molecule has 1 aromatic carbocycles. The molecule has 1 unspecified atom stereocenters. The fourth-order valence-corrected chi connectivity index (χ4v) is 4.00. The number of nitrogens with zero attached hydrogens (tertiary/aromatic N) is 3. The highest BCUT2D eigenvalue weighted by molar-refractivity contribution is 7.09. The summed E-state index contributed by atoms with van der Waals surface area (Å²) in [4.78, 5) is 19.7. The minimum Gasteiger partial charge on any atom is -0.480 e. The van der Waals surface area contributed by atoms with E-state index in [-0.39, 0.29) is 12.6 Å². The second kappa shape index (κ2) is 9.23. The molecular weight excluding hydrogens is 350 g/mol. The highest BCUT2D eigenvalue weighted by atomic mass is 32.1. The average Bonchev–Trinajstić information content (AvgIpc) is 3.02. The van der Waals surface area contributed by atoms with Crippen molar-refractivity contribution < 1.29 is 14.6 Å². The molecule has 1 saturated heterocycles. The van der Waals surface area contributed by atoms with Crippen molar-refractivity contribution in [2.24, 2.45) is 0 Å². The molecule has 140 valence electrons. The Bertz CT molecular complexity index is 707. The Hall–Kier alpha value is -1.80. The summed E-state index contributed by atoms with van der Waals surface area (Å²) in [6.45, 7) is 3.83. The van der Waals surface area contributed by atoms with E-state index in [2.05, 4.69) is 34.5 Å². The van der Waals surface area contributed by atoms with Gasteiger partial charge in [-0.3, -0.25) is 14.6 Å². The van der Waals surface area contributed by atoms with Crippen LogP contribution in [0.15, 0.2) is 35.7 Å². The number of hydrogen-bond acceptors (Lipinski definition) is 6. The molecule has 2 heterocycles. The van der Waals surface area contributed by atoms with Crippen molar-refractivity contribution in [3.8, 4) is 0 Å². The summed E-state index contributed by atoms with van der Waals surface area (Å²) in [5.41, 5.74) is 2.38. The number of aromatic nitrogens is 1. The van der Waals surface area contributed by atoms with Crippen LogP contribution in [-0.4, -0.2) is 71.8 Å². The molecule has 1 atom stereocenters. The lowest BCUT2D eigenvalue weighted by Crippen LogP contribution is -2.47. The second-order valence-electron chi connectivity index (χ2n) is 6.71. The van der Waals surface area contributed by atoms with Gasteiger partial charge in [0.1, 0.15) is 0 Å². The van der Waals surface area contributed by atoms with Crippen LogP contribution in [0.3, 0.4) is 0 Å². The molecule has 1 aliphatic heterocycles. The second-order valence-corrected chi connectivity index (χ2v) is 7.66. The number of likely N-dealkylation sites (N-methyl/N-ethyl adjacent to an activating group) is 1. The topological polar surface area (TPSA) is 65.9 Å². The lowest BCUT2D eigenvalue weighted by atomic mass is 10.2. The number of ether oxygens (including phenoxy) is 1. The van der Waals surface area contributed by atoms with Gasteiger partial charge in [0, 0.05) is 38.0 Å². The van der Waals surface area contributed by atoms with Crippen LogP contribution in [0.1, 0.15) is 16.3 Å². The number of carboxylic acid groups (broad SMARTS) is 1. The van der Waals surface area contributed by atoms with Crippen LogP contribution < -0.4 is 0 Å². The van der Waals surface area contributed by atoms with Gasteiger partial charge in [0.25, 0.3) is 0 Å². The van der Waals surface area contributed by atoms with Crippen molar-refractivity contribution >= 4 is 17.3 Å². The number of carbonyl (C=O) groups is 1. The molecule has 0 amide bonds. The maximum atomic E-state index is 10.8. The van der Waals surface area contributed by atoms with Gasteiger partial charge in [-0.05, 0) is 12.6 Å². The number of carboxylic acids is 1. The van der Waals surface area contributed by atoms with Gasteiger partial charge in [-0.1, -0.05) is 30.3 Å². The number of morpholine rings is 1. The van der Waals surface area contributed by atoms with Crippen LogP contribution in [-0.2, 0) is 22.5 Å². The lowest BCUT2D eigenvalue weighted by Gasteiger charge is -2.34. The van der Waals surface area contributed by atoms with E-state index in [0.717, 1.165) is 36.8 Å². The summed E-state index contributed by atoms with van der Waals surface area (Å²) in [5, 5.41) is 12.1. The predicted octanol–water partition coefficient (Wildman–Crippen LogP) is 1.95. The van der Waals surface area contributed by atoms with Crippen LogP contribution in [0.25, 0.3) is 0 Å². The Morgan fingerprint density at radius 3 is 3.00 bits per heavy atom. The summed E-state index contributed by atoms with van der Waals surface area (Å²) < 4.78 is 5.79. The number of benzene rings is 1. The van der Waals surface area contributed by atoms with E-state index in [4.69, 9.17) is 14.8 Å². The van der Waals surface area contributed by atoms with E-state index in [1.165, 1.54) is 5.56 Å². The largest absolute Gasteiger partial charge is 0.480 e. The molecule has 6 nitrogen and oxygen atoms in total. The van der Waals surface area contributed by atoms with E-state index >= 15 is 0 Å². The molecule has 3 rings (SSSR count). The molecule has 0 spiro atoms. The third-order valence-corrected chi connectivity index (χ3v) is 5.22. The molecule has 0 bridgehead atoms. The molecule has 0 aliphatic carbocycles. The first-order valence-electron chi connectivity index (χ1n) is 8.80. The van der Waals surface area contributed by atoms with Gasteiger partial charge in [-0.25, -0.2) is 4.98 Å². The van der Waals surface area contributed by atoms with Crippen molar-refractivity contribution in [1.82, 2.24) is 14.8 Å². The zero-order valence-electron chi connectivity index (χ0n) is 15.0. The van der Waals surface area contributed by atoms with E-state index in [1.807, 2.05) is 13.1 Å². The van der Waals surface area contributed by atoms with Gasteiger partial charge in [-0.2, -0.15) is 0 Å². The van der Waals surface area contributed by atoms with E-state index in [1.54, 1.807) is 16.2 Å². The predicted molar refractivity (Wildman–Crippen MR) is 102 cm³/mol. The number of rotatable bonds is 8. The van der Waals surface area contributed by atoms with E-state index in [0.29, 0.717) is 13.2 Å². The van der Waals surface area contributed by atoms with Crippen LogP contribution in [0, 0.1) is 0 Å². The Kier molecular flexibility index (Phi) is 6.73. The fourth-order valence-electron chi connectivity index (χ4n) is 3.18. The Balaban J connectivity index is 1.50. The van der Waals surface area contributed by atoms with Crippen LogP contribution in [0.5, 0.6) is 0 Å². The van der Waals surface area contributed by atoms with E-state index < -0.39 is 5.97 Å². The highest BCUT2D eigenvalue weighted by Gasteiger charge is 2.23. The van der Waals surface area contributed by atoms with Crippen LogP contribution in [0.4, 0.5) is 0 Å². The van der Waals surface area contributed by atoms with Gasteiger partial charge in [0.05, 0.1) is 30.0 Å². The third-order valence-electron chi connectivity index (χ3n) is 4.33. The SMILES string of the molecule is CN(CC(=O)O)CC1CN(Cc2csc(Cc3ccccc3)n2)CCO1. The van der Waals surface area contributed by atoms with Gasteiger partial charge in [0.2, 0.25) is 0 Å². The molecule has 1 N–H and O–H groups in total. The van der Waals surface area contributed by atoms with Crippen molar-refractivity contribution in [3.63, 3.8) is 0 Å². The molecule has 2 aromatic rings. The number of aliphatic carboxylic acids is 1. The van der Waals surface area contributed by atoms with E-state index in [9.17, 15) is 4.79 Å². The number of hydrogen-bond donors (Lipinski definition) is 1. The first kappa shape index (κ1) is 19.0. The summed E-state index contributed by atoms with van der Waals surface area (Å²) in [6.07, 6.45) is 0.910. The Morgan fingerprint density at radius 2 is 2.23 bits per heavy atom. The first-order chi connectivity index (χ1) is 12.6. The molecule has 1 aliphatic rings. The zero-order chi connectivity index (χ0) is 18.4. The van der Waals surface area contributed by atoms with Crippen LogP contribution in [0.2, 0.25) is 0 Å². The molecule has 0 saturated carbocycles. The summed E-state index contributed by atoms with van der Waals surface area (Å²) in [5.74, 6) is -0.811. The van der Waals surface area contributed by atoms with Crippen molar-refractivity contribution in [2.45, 2.75) is 19.1 Å². The average molecular weight is 375 g/mol. The van der Waals surface area contributed by atoms with Crippen molar-refractivity contribution in [2.75, 3.05) is 39.8 Å². The van der Waals surface area contributed by atoms with Crippen molar-refractivity contribution in [3.05, 3.63) is 52.0 Å². The quantitative estimate of drug-likeness (QED) is 0.761. The molecule has 26 heavy (non-hydrogen) atoms. The fraction of sp³-hybridized carbons (Fsp3) is 0.474. The maximum Gasteiger partial charge on any atom is 0.317 e. The highest BCUT2D eigenvalue weighted by Crippen LogP contribution is 2.17. The van der Waals surface area contributed by atoms with Crippen molar-refractivity contribution in [1.29, 1.82) is 0 Å². The van der Waals surface area contributed by atoms with Gasteiger partial charge in [-0.15, -0.1) is 11.3 Å². The Labute approximate surface area is 158 Å². The lowest BCUT2D eigenvalue weighted by molar-refractivity contribution is -0.138. The summed E-state index contributed by atoms with van der Waals surface area (Å²) in [7, 11) is 1.81. The Morgan fingerprint density at radius 1 is 1.42 bits per heavy atom. The molecular formula is C19H25N3O3S. The normalized spacial score (nSPS) is 18.3. The van der Waals surface area contributed by atoms with Gasteiger partial charge >= 0.3 is 5.97 Å². The first-order valence-corrected chi connectivity index (χ1v) is 9.68. The van der Waals surface area contributed by atoms with Gasteiger partial charge in [0.15, 0.2) is 0 Å². The standard InChI is InChI=1S/C19H25N3O3S/c1-21(13-19(23)24)11-17-12-22(7-8-25-17)10-16-14-26-18(20-16)9-15-5-3-2-4-6-15/h2-6,14,17H,7-13H2,1H3,(H,23,24). The maximum absolute atomic E-state index is 10.8.